The molecule has 0 N–H and O–H groups in total. The van der Waals surface area contributed by atoms with E-state index in [1.807, 2.05) is 26.8 Å². The molecule has 84 valence electrons. The molecule has 1 aromatic rings. The van der Waals surface area contributed by atoms with Crippen molar-refractivity contribution in [2.45, 2.75) is 33.5 Å². The molecule has 1 rings (SSSR count). The largest absolute Gasteiger partial charge is 0.459 e. The van der Waals surface area contributed by atoms with E-state index in [0.29, 0.717) is 10.8 Å². The molecular formula is C12H16ClFO. The molecule has 3 heteroatoms. The van der Waals surface area contributed by atoms with Crippen LogP contribution in [0.1, 0.15) is 25.8 Å². The monoisotopic (exact) mass is 230 g/mol. The lowest BCUT2D eigenvalue weighted by molar-refractivity contribution is 0.0177. The Morgan fingerprint density at radius 2 is 2.13 bits per heavy atom. The third kappa shape index (κ3) is 3.38. The maximum atomic E-state index is 13.5. The minimum atomic E-state index is -1.30. The van der Waals surface area contributed by atoms with Crippen LogP contribution < -0.4 is 4.74 Å². The maximum absolute atomic E-state index is 13.5. The minimum Gasteiger partial charge on any atom is -0.459 e. The summed E-state index contributed by atoms with van der Waals surface area (Å²) >= 11 is 5.93. The van der Waals surface area contributed by atoms with Gasteiger partial charge in [0, 0.05) is 5.92 Å². The predicted octanol–water partition coefficient (Wildman–Crippen LogP) is 4.37. The van der Waals surface area contributed by atoms with E-state index < -0.39 is 6.36 Å². The van der Waals surface area contributed by atoms with Gasteiger partial charge in [-0.15, -0.1) is 0 Å². The second kappa shape index (κ2) is 5.36. The highest BCUT2D eigenvalue weighted by Crippen LogP contribution is 2.28. The topological polar surface area (TPSA) is 9.23 Å². The van der Waals surface area contributed by atoms with Crippen molar-refractivity contribution in [2.75, 3.05) is 0 Å². The Morgan fingerprint density at radius 3 is 2.67 bits per heavy atom. The van der Waals surface area contributed by atoms with Gasteiger partial charge in [0.25, 0.3) is 0 Å². The molecule has 0 saturated heterocycles. The molecule has 2 unspecified atom stereocenters. The van der Waals surface area contributed by atoms with Crippen molar-refractivity contribution in [1.82, 2.24) is 0 Å². The van der Waals surface area contributed by atoms with Crippen LogP contribution in [0.4, 0.5) is 4.39 Å². The zero-order chi connectivity index (χ0) is 11.4. The van der Waals surface area contributed by atoms with Crippen LogP contribution in [-0.2, 0) is 0 Å². The van der Waals surface area contributed by atoms with Crippen molar-refractivity contribution in [2.24, 2.45) is 5.92 Å². The summed E-state index contributed by atoms with van der Waals surface area (Å²) in [5.41, 5.74) is 1.03. The van der Waals surface area contributed by atoms with Crippen LogP contribution in [0.15, 0.2) is 18.2 Å². The molecule has 0 aliphatic carbocycles. The Hall–Kier alpha value is -0.760. The Morgan fingerprint density at radius 1 is 1.47 bits per heavy atom. The van der Waals surface area contributed by atoms with Crippen molar-refractivity contribution >= 4 is 11.6 Å². The molecule has 0 aromatic heterocycles. The standard InChI is InChI=1S/C12H16ClFO/c1-4-9(3)12(14)15-11-6-5-8(2)7-10(11)13/h5-7,9,12H,4H2,1-3H3. The van der Waals surface area contributed by atoms with Gasteiger partial charge in [-0.3, -0.25) is 0 Å². The molecule has 0 spiro atoms. The lowest BCUT2D eigenvalue weighted by atomic mass is 10.1. The summed E-state index contributed by atoms with van der Waals surface area (Å²) in [4.78, 5) is 0. The van der Waals surface area contributed by atoms with Crippen molar-refractivity contribution in [3.63, 3.8) is 0 Å². The van der Waals surface area contributed by atoms with Gasteiger partial charge in [-0.05, 0) is 31.0 Å². The third-order valence-corrected chi connectivity index (χ3v) is 2.71. The SMILES string of the molecule is CCC(C)C(F)Oc1ccc(C)cc1Cl. The van der Waals surface area contributed by atoms with Gasteiger partial charge in [0.05, 0.1) is 5.02 Å². The van der Waals surface area contributed by atoms with Crippen molar-refractivity contribution in [1.29, 1.82) is 0 Å². The average Bonchev–Trinajstić information content (AvgIpc) is 2.20. The lowest BCUT2D eigenvalue weighted by Gasteiger charge is -2.17. The first kappa shape index (κ1) is 12.3. The molecule has 15 heavy (non-hydrogen) atoms. The zero-order valence-corrected chi connectivity index (χ0v) is 10.0. The summed E-state index contributed by atoms with van der Waals surface area (Å²) in [5.74, 6) is 0.289. The Labute approximate surface area is 95.2 Å². The van der Waals surface area contributed by atoms with Gasteiger partial charge in [-0.1, -0.05) is 31.5 Å². The van der Waals surface area contributed by atoms with Gasteiger partial charge in [0.1, 0.15) is 5.75 Å². The number of halogens is 2. The number of rotatable bonds is 4. The van der Waals surface area contributed by atoms with E-state index in [2.05, 4.69) is 0 Å². The Bertz CT molecular complexity index is 327. The van der Waals surface area contributed by atoms with Gasteiger partial charge in [0.15, 0.2) is 0 Å². The summed E-state index contributed by atoms with van der Waals surface area (Å²) in [5, 5.41) is 0.459. The van der Waals surface area contributed by atoms with Crippen LogP contribution in [0, 0.1) is 12.8 Å². The van der Waals surface area contributed by atoms with Crippen LogP contribution in [0.25, 0.3) is 0 Å². The van der Waals surface area contributed by atoms with Gasteiger partial charge in [-0.2, -0.15) is 0 Å². The molecule has 0 aliphatic heterocycles. The second-order valence-electron chi connectivity index (χ2n) is 3.79. The molecule has 0 saturated carbocycles. The van der Waals surface area contributed by atoms with Crippen LogP contribution in [0.5, 0.6) is 5.75 Å². The quantitative estimate of drug-likeness (QED) is 0.747. The van der Waals surface area contributed by atoms with E-state index in [-0.39, 0.29) is 5.92 Å². The average molecular weight is 231 g/mol. The highest BCUT2D eigenvalue weighted by Gasteiger charge is 2.17. The van der Waals surface area contributed by atoms with Gasteiger partial charge in [-0.25, -0.2) is 4.39 Å². The Balaban J connectivity index is 2.72. The minimum absolute atomic E-state index is 0.123. The van der Waals surface area contributed by atoms with Crippen LogP contribution in [0.3, 0.4) is 0 Å². The van der Waals surface area contributed by atoms with Crippen molar-refractivity contribution < 1.29 is 9.13 Å². The summed E-state index contributed by atoms with van der Waals surface area (Å²) in [6, 6.07) is 5.32. The number of aryl methyl sites for hydroxylation is 1. The molecule has 2 atom stereocenters. The molecule has 1 aromatic carbocycles. The highest BCUT2D eigenvalue weighted by molar-refractivity contribution is 6.32. The molecule has 0 bridgehead atoms. The molecule has 0 fully saturated rings. The van der Waals surface area contributed by atoms with Gasteiger partial charge >= 0.3 is 0 Å². The maximum Gasteiger partial charge on any atom is 0.241 e. The summed E-state index contributed by atoms with van der Waals surface area (Å²) in [6.45, 7) is 5.67. The number of hydrogen-bond acceptors (Lipinski definition) is 1. The Kier molecular flexibility index (Phi) is 4.40. The van der Waals surface area contributed by atoms with E-state index in [1.165, 1.54) is 0 Å². The van der Waals surface area contributed by atoms with E-state index in [9.17, 15) is 4.39 Å². The highest BCUT2D eigenvalue weighted by atomic mass is 35.5. The van der Waals surface area contributed by atoms with Crippen LogP contribution >= 0.6 is 11.6 Å². The normalized spacial score (nSPS) is 14.7. The number of hydrogen-bond donors (Lipinski definition) is 0. The molecule has 0 heterocycles. The summed E-state index contributed by atoms with van der Waals surface area (Å²) in [7, 11) is 0. The second-order valence-corrected chi connectivity index (χ2v) is 4.20. The third-order valence-electron chi connectivity index (χ3n) is 2.42. The number of benzene rings is 1. The zero-order valence-electron chi connectivity index (χ0n) is 9.26. The van der Waals surface area contributed by atoms with Crippen LogP contribution in [0.2, 0.25) is 5.02 Å². The first-order chi connectivity index (χ1) is 7.04. The lowest BCUT2D eigenvalue weighted by Crippen LogP contribution is -2.19. The van der Waals surface area contributed by atoms with Gasteiger partial charge in [0.2, 0.25) is 6.36 Å². The fourth-order valence-corrected chi connectivity index (χ4v) is 1.40. The van der Waals surface area contributed by atoms with Crippen molar-refractivity contribution in [3.05, 3.63) is 28.8 Å². The smallest absolute Gasteiger partial charge is 0.241 e. The number of ether oxygens (including phenoxy) is 1. The van der Waals surface area contributed by atoms with Crippen molar-refractivity contribution in [3.8, 4) is 5.75 Å². The van der Waals surface area contributed by atoms with E-state index in [0.717, 1.165) is 12.0 Å². The summed E-state index contributed by atoms with van der Waals surface area (Å²) in [6.07, 6.45) is -0.555. The first-order valence-corrected chi connectivity index (χ1v) is 5.49. The van der Waals surface area contributed by atoms with Gasteiger partial charge < -0.3 is 4.74 Å². The predicted molar refractivity (Wildman–Crippen MR) is 61.2 cm³/mol. The first-order valence-electron chi connectivity index (χ1n) is 5.11. The van der Waals surface area contributed by atoms with E-state index in [4.69, 9.17) is 16.3 Å². The van der Waals surface area contributed by atoms with Crippen LogP contribution in [-0.4, -0.2) is 6.36 Å². The van der Waals surface area contributed by atoms with E-state index >= 15 is 0 Å². The molecule has 0 aliphatic rings. The number of alkyl halides is 1. The fourth-order valence-electron chi connectivity index (χ4n) is 1.12. The summed E-state index contributed by atoms with van der Waals surface area (Å²) < 4.78 is 18.6. The molecular weight excluding hydrogens is 215 g/mol. The molecule has 0 radical (unpaired) electrons. The molecule has 1 nitrogen and oxygen atoms in total. The fraction of sp³-hybridized carbons (Fsp3) is 0.500. The van der Waals surface area contributed by atoms with E-state index in [1.54, 1.807) is 12.1 Å². The molecule has 0 amide bonds.